The minimum Gasteiger partial charge on any atom is -0.497 e. The molecule has 1 rings (SSSR count). The molecule has 1 amide bonds. The summed E-state index contributed by atoms with van der Waals surface area (Å²) in [7, 11) is 3.01. The minimum atomic E-state index is -1.12. The fraction of sp³-hybridized carbons (Fsp3) is 0.429. The average Bonchev–Trinajstić information content (AvgIpc) is 2.44. The monoisotopic (exact) mass is 281 g/mol. The quantitative estimate of drug-likeness (QED) is 0.785. The van der Waals surface area contributed by atoms with E-state index in [1.807, 2.05) is 0 Å². The van der Waals surface area contributed by atoms with Crippen molar-refractivity contribution in [2.45, 2.75) is 13.0 Å². The Labute approximate surface area is 117 Å². The van der Waals surface area contributed by atoms with Crippen molar-refractivity contribution in [3.05, 3.63) is 29.8 Å². The standard InChI is InChI=1S/C14H19NO5/c1-9(8-19-2)13(16)15-12(14(17)18)10-4-6-11(20-3)7-5-10/h4-7,9,12H,8H2,1-3H3,(H,15,16)(H,17,18). The van der Waals surface area contributed by atoms with E-state index in [0.717, 1.165) is 0 Å². The van der Waals surface area contributed by atoms with E-state index in [0.29, 0.717) is 11.3 Å². The molecule has 2 unspecified atom stereocenters. The molecule has 2 N–H and O–H groups in total. The van der Waals surface area contributed by atoms with Crippen molar-refractivity contribution in [3.8, 4) is 5.75 Å². The van der Waals surface area contributed by atoms with Crippen LogP contribution in [0.1, 0.15) is 18.5 Å². The fourth-order valence-corrected chi connectivity index (χ4v) is 1.69. The van der Waals surface area contributed by atoms with E-state index >= 15 is 0 Å². The Morgan fingerprint density at radius 3 is 2.30 bits per heavy atom. The summed E-state index contributed by atoms with van der Waals surface area (Å²) in [5.41, 5.74) is 0.483. The van der Waals surface area contributed by atoms with Gasteiger partial charge in [-0.05, 0) is 17.7 Å². The van der Waals surface area contributed by atoms with Crippen LogP contribution >= 0.6 is 0 Å². The SMILES string of the molecule is COCC(C)C(=O)NC(C(=O)O)c1ccc(OC)cc1. The number of carboxylic acids is 1. The topological polar surface area (TPSA) is 84.9 Å². The molecule has 0 radical (unpaired) electrons. The molecular weight excluding hydrogens is 262 g/mol. The Kier molecular flexibility index (Phi) is 5.99. The maximum atomic E-state index is 11.9. The molecule has 2 atom stereocenters. The van der Waals surface area contributed by atoms with Gasteiger partial charge in [-0.25, -0.2) is 4.79 Å². The third kappa shape index (κ3) is 4.24. The smallest absolute Gasteiger partial charge is 0.330 e. The lowest BCUT2D eigenvalue weighted by Gasteiger charge is -2.18. The Morgan fingerprint density at radius 1 is 1.25 bits per heavy atom. The number of hydrogen-bond acceptors (Lipinski definition) is 4. The van der Waals surface area contributed by atoms with Crippen LogP contribution in [0, 0.1) is 5.92 Å². The molecule has 0 bridgehead atoms. The van der Waals surface area contributed by atoms with E-state index in [1.165, 1.54) is 14.2 Å². The number of benzene rings is 1. The highest BCUT2D eigenvalue weighted by molar-refractivity contribution is 5.85. The van der Waals surface area contributed by atoms with Gasteiger partial charge in [-0.3, -0.25) is 4.79 Å². The van der Waals surface area contributed by atoms with Crippen molar-refractivity contribution < 1.29 is 24.2 Å². The first-order chi connectivity index (χ1) is 9.49. The van der Waals surface area contributed by atoms with Gasteiger partial charge < -0.3 is 19.9 Å². The van der Waals surface area contributed by atoms with Crippen molar-refractivity contribution >= 4 is 11.9 Å². The molecule has 1 aromatic rings. The van der Waals surface area contributed by atoms with Crippen LogP contribution < -0.4 is 10.1 Å². The predicted octanol–water partition coefficient (Wildman–Crippen LogP) is 1.22. The molecule has 0 saturated heterocycles. The number of rotatable bonds is 7. The molecule has 0 heterocycles. The highest BCUT2D eigenvalue weighted by Crippen LogP contribution is 2.18. The van der Waals surface area contributed by atoms with Gasteiger partial charge in [0.05, 0.1) is 19.6 Å². The van der Waals surface area contributed by atoms with Crippen LogP contribution in [0.25, 0.3) is 0 Å². The van der Waals surface area contributed by atoms with Gasteiger partial charge in [-0.15, -0.1) is 0 Å². The zero-order valence-electron chi connectivity index (χ0n) is 11.8. The Bertz CT molecular complexity index is 457. The van der Waals surface area contributed by atoms with Gasteiger partial charge in [-0.1, -0.05) is 19.1 Å². The summed E-state index contributed by atoms with van der Waals surface area (Å²) in [6.45, 7) is 1.91. The fourth-order valence-electron chi connectivity index (χ4n) is 1.69. The van der Waals surface area contributed by atoms with Crippen molar-refractivity contribution in [2.24, 2.45) is 5.92 Å². The number of methoxy groups -OCH3 is 2. The summed E-state index contributed by atoms with van der Waals surface area (Å²) in [4.78, 5) is 23.2. The lowest BCUT2D eigenvalue weighted by atomic mass is 10.1. The van der Waals surface area contributed by atoms with Crippen LogP contribution in [0.5, 0.6) is 5.75 Å². The molecule has 1 aromatic carbocycles. The lowest BCUT2D eigenvalue weighted by Crippen LogP contribution is -2.38. The van der Waals surface area contributed by atoms with Crippen LogP contribution in [0.15, 0.2) is 24.3 Å². The first-order valence-electron chi connectivity index (χ1n) is 6.15. The van der Waals surface area contributed by atoms with Crippen molar-refractivity contribution in [1.82, 2.24) is 5.32 Å². The second kappa shape index (κ2) is 7.49. The predicted molar refractivity (Wildman–Crippen MR) is 72.6 cm³/mol. The number of carboxylic acid groups (broad SMARTS) is 1. The van der Waals surface area contributed by atoms with Gasteiger partial charge in [0.1, 0.15) is 5.75 Å². The van der Waals surface area contributed by atoms with Crippen LogP contribution in [-0.4, -0.2) is 37.8 Å². The van der Waals surface area contributed by atoms with Crippen LogP contribution in [0.3, 0.4) is 0 Å². The number of carbonyl (C=O) groups excluding carboxylic acids is 1. The Balaban J connectivity index is 2.83. The van der Waals surface area contributed by atoms with Crippen LogP contribution in [0.2, 0.25) is 0 Å². The van der Waals surface area contributed by atoms with E-state index in [2.05, 4.69) is 5.32 Å². The van der Waals surface area contributed by atoms with Gasteiger partial charge >= 0.3 is 5.97 Å². The molecule has 0 aliphatic rings. The van der Waals surface area contributed by atoms with Gasteiger partial charge in [0.15, 0.2) is 6.04 Å². The van der Waals surface area contributed by atoms with Crippen molar-refractivity contribution in [1.29, 1.82) is 0 Å². The summed E-state index contributed by atoms with van der Waals surface area (Å²) in [5.74, 6) is -1.28. The number of carbonyl (C=O) groups is 2. The van der Waals surface area contributed by atoms with Gasteiger partial charge in [0.25, 0.3) is 0 Å². The van der Waals surface area contributed by atoms with Crippen molar-refractivity contribution in [3.63, 3.8) is 0 Å². The zero-order valence-corrected chi connectivity index (χ0v) is 11.8. The summed E-state index contributed by atoms with van der Waals surface area (Å²) in [6, 6.07) is 5.43. The zero-order chi connectivity index (χ0) is 15.1. The number of aliphatic carboxylic acids is 1. The second-order valence-corrected chi connectivity index (χ2v) is 4.41. The highest BCUT2D eigenvalue weighted by atomic mass is 16.5. The molecule has 0 aromatic heterocycles. The molecule has 110 valence electrons. The maximum absolute atomic E-state index is 11.9. The number of ether oxygens (including phenoxy) is 2. The average molecular weight is 281 g/mol. The van der Waals surface area contributed by atoms with Gasteiger partial charge in [-0.2, -0.15) is 0 Å². The van der Waals surface area contributed by atoms with E-state index in [1.54, 1.807) is 31.2 Å². The first-order valence-corrected chi connectivity index (χ1v) is 6.15. The van der Waals surface area contributed by atoms with E-state index in [4.69, 9.17) is 9.47 Å². The summed E-state index contributed by atoms with van der Waals surface area (Å²) < 4.78 is 9.89. The molecule has 0 aliphatic carbocycles. The van der Waals surface area contributed by atoms with Crippen LogP contribution in [0.4, 0.5) is 0 Å². The number of hydrogen-bond donors (Lipinski definition) is 2. The first kappa shape index (κ1) is 16.0. The normalized spacial score (nSPS) is 13.3. The molecule has 20 heavy (non-hydrogen) atoms. The third-order valence-corrected chi connectivity index (χ3v) is 2.85. The lowest BCUT2D eigenvalue weighted by molar-refractivity contribution is -0.142. The molecule has 6 nitrogen and oxygen atoms in total. The number of nitrogens with one attached hydrogen (secondary N) is 1. The molecule has 6 heteroatoms. The molecule has 0 spiro atoms. The minimum absolute atomic E-state index is 0.237. The summed E-state index contributed by atoms with van der Waals surface area (Å²) in [5, 5.41) is 11.7. The third-order valence-electron chi connectivity index (χ3n) is 2.85. The van der Waals surface area contributed by atoms with Gasteiger partial charge in [0.2, 0.25) is 5.91 Å². The van der Waals surface area contributed by atoms with Crippen LogP contribution in [-0.2, 0) is 14.3 Å². The Morgan fingerprint density at radius 2 is 1.85 bits per heavy atom. The molecule has 0 fully saturated rings. The molecular formula is C14H19NO5. The molecule has 0 aliphatic heterocycles. The second-order valence-electron chi connectivity index (χ2n) is 4.41. The maximum Gasteiger partial charge on any atom is 0.330 e. The van der Waals surface area contributed by atoms with E-state index in [9.17, 15) is 14.7 Å². The van der Waals surface area contributed by atoms with E-state index in [-0.39, 0.29) is 12.5 Å². The summed E-state index contributed by atoms with van der Waals surface area (Å²) in [6.07, 6.45) is 0. The highest BCUT2D eigenvalue weighted by Gasteiger charge is 2.24. The number of amides is 1. The van der Waals surface area contributed by atoms with Crippen molar-refractivity contribution in [2.75, 3.05) is 20.8 Å². The Hall–Kier alpha value is -2.08. The van der Waals surface area contributed by atoms with E-state index < -0.39 is 17.9 Å². The molecule has 0 saturated carbocycles. The van der Waals surface area contributed by atoms with Gasteiger partial charge in [0, 0.05) is 7.11 Å². The summed E-state index contributed by atoms with van der Waals surface area (Å²) >= 11 is 0. The largest absolute Gasteiger partial charge is 0.497 e.